The monoisotopic (exact) mass is 415 g/mol. The summed E-state index contributed by atoms with van der Waals surface area (Å²) in [4.78, 5) is 14.8. The Morgan fingerprint density at radius 1 is 1.30 bits per heavy atom. The maximum atomic E-state index is 14.0. The number of benzene rings is 1. The summed E-state index contributed by atoms with van der Waals surface area (Å²) in [5.74, 6) is -0.197. The molecule has 1 aromatic carbocycles. The average Bonchev–Trinajstić information content (AvgIpc) is 3.13. The first-order valence-corrected chi connectivity index (χ1v) is 9.00. The Hall–Kier alpha value is -3.66. The molecule has 0 spiro atoms. The first kappa shape index (κ1) is 21.1. The number of methoxy groups -OCH3 is 1. The van der Waals surface area contributed by atoms with Crippen molar-refractivity contribution in [2.24, 2.45) is 12.8 Å². The first-order valence-electron chi connectivity index (χ1n) is 9.00. The maximum Gasteiger partial charge on any atom is 0.411 e. The molecular formula is C20H22FN5O4. The molecule has 0 saturated carbocycles. The standard InChI is InChI=1S/C20H22FN5O4/c1-11(29-10-17-14(21)4-5-18(24-17)30-20(23)27)12-8-13(16-6-7-26(2)25-16)19(28-3)15(22)9-12/h4-9,11H,10,22H2,1-3H3,(H2,23,27). The van der Waals surface area contributed by atoms with Gasteiger partial charge in [0.2, 0.25) is 5.88 Å². The molecule has 0 saturated heterocycles. The number of aryl methyl sites for hydroxylation is 1. The Morgan fingerprint density at radius 2 is 2.07 bits per heavy atom. The zero-order chi connectivity index (χ0) is 21.8. The van der Waals surface area contributed by atoms with Crippen LogP contribution in [0, 0.1) is 5.82 Å². The number of carbonyl (C=O) groups is 1. The Labute approximate surface area is 172 Å². The van der Waals surface area contributed by atoms with Gasteiger partial charge in [-0.05, 0) is 36.8 Å². The fraction of sp³-hybridized carbons (Fsp3) is 0.250. The number of nitrogens with zero attached hydrogens (tertiary/aromatic N) is 3. The number of hydrogen-bond acceptors (Lipinski definition) is 7. The minimum atomic E-state index is -1.04. The predicted octanol–water partition coefficient (Wildman–Crippen LogP) is 2.95. The number of amides is 1. The number of aromatic nitrogens is 3. The highest BCUT2D eigenvalue weighted by Crippen LogP contribution is 2.37. The van der Waals surface area contributed by atoms with Crippen molar-refractivity contribution in [2.45, 2.75) is 19.6 Å². The number of pyridine rings is 1. The molecule has 4 N–H and O–H groups in total. The van der Waals surface area contributed by atoms with Crippen molar-refractivity contribution in [3.8, 4) is 22.9 Å². The number of ether oxygens (including phenoxy) is 3. The Kier molecular flexibility index (Phi) is 6.17. The van der Waals surface area contributed by atoms with E-state index in [-0.39, 0.29) is 18.2 Å². The molecule has 3 aromatic rings. The molecule has 3 rings (SSSR count). The van der Waals surface area contributed by atoms with Gasteiger partial charge in [-0.2, -0.15) is 5.10 Å². The molecule has 30 heavy (non-hydrogen) atoms. The quantitative estimate of drug-likeness (QED) is 0.568. The van der Waals surface area contributed by atoms with Gasteiger partial charge in [-0.1, -0.05) is 0 Å². The summed E-state index contributed by atoms with van der Waals surface area (Å²) in [5, 5.41) is 4.40. The summed E-state index contributed by atoms with van der Waals surface area (Å²) >= 11 is 0. The molecule has 2 aromatic heterocycles. The number of nitrogen functional groups attached to an aromatic ring is 1. The highest BCUT2D eigenvalue weighted by Gasteiger charge is 2.18. The second-order valence-electron chi connectivity index (χ2n) is 6.52. The van der Waals surface area contributed by atoms with Gasteiger partial charge in [-0.3, -0.25) is 4.68 Å². The molecule has 2 heterocycles. The number of nitrogens with two attached hydrogens (primary N) is 2. The molecule has 0 fully saturated rings. The summed E-state index contributed by atoms with van der Waals surface area (Å²) in [6, 6.07) is 7.76. The van der Waals surface area contributed by atoms with E-state index in [9.17, 15) is 9.18 Å². The topological polar surface area (TPSA) is 128 Å². The van der Waals surface area contributed by atoms with Crippen LogP contribution in [0.25, 0.3) is 11.3 Å². The number of primary amides is 1. The van der Waals surface area contributed by atoms with Crippen LogP contribution in [0.4, 0.5) is 14.9 Å². The van der Waals surface area contributed by atoms with Gasteiger partial charge in [0.05, 0.1) is 31.2 Å². The molecule has 1 unspecified atom stereocenters. The van der Waals surface area contributed by atoms with Crippen molar-refractivity contribution < 1.29 is 23.4 Å². The van der Waals surface area contributed by atoms with Gasteiger partial charge < -0.3 is 25.7 Å². The maximum absolute atomic E-state index is 14.0. The van der Waals surface area contributed by atoms with Crippen molar-refractivity contribution in [3.63, 3.8) is 0 Å². The van der Waals surface area contributed by atoms with Crippen LogP contribution in [-0.4, -0.2) is 28.0 Å². The lowest BCUT2D eigenvalue weighted by atomic mass is 10.0. The lowest BCUT2D eigenvalue weighted by Crippen LogP contribution is -2.17. The smallest absolute Gasteiger partial charge is 0.411 e. The fourth-order valence-corrected chi connectivity index (χ4v) is 2.91. The van der Waals surface area contributed by atoms with Crippen LogP contribution in [0.15, 0.2) is 36.5 Å². The van der Waals surface area contributed by atoms with Gasteiger partial charge in [0, 0.05) is 24.9 Å². The molecular weight excluding hydrogens is 393 g/mol. The minimum absolute atomic E-state index is 0.0213. The van der Waals surface area contributed by atoms with Crippen LogP contribution in [-0.2, 0) is 18.4 Å². The van der Waals surface area contributed by atoms with E-state index < -0.39 is 18.0 Å². The third-order valence-electron chi connectivity index (χ3n) is 4.37. The van der Waals surface area contributed by atoms with Gasteiger partial charge in [0.15, 0.2) is 5.75 Å². The van der Waals surface area contributed by atoms with E-state index >= 15 is 0 Å². The Morgan fingerprint density at radius 3 is 2.70 bits per heavy atom. The second kappa shape index (κ2) is 8.78. The lowest BCUT2D eigenvalue weighted by molar-refractivity contribution is 0.0484. The molecule has 0 radical (unpaired) electrons. The summed E-state index contributed by atoms with van der Waals surface area (Å²) in [6.07, 6.45) is 0.320. The number of anilines is 1. The molecule has 10 heteroatoms. The summed E-state index contributed by atoms with van der Waals surface area (Å²) in [5.41, 5.74) is 13.7. The average molecular weight is 415 g/mol. The molecule has 0 aliphatic rings. The molecule has 9 nitrogen and oxygen atoms in total. The number of carbonyl (C=O) groups excluding carboxylic acids is 1. The number of rotatable bonds is 7. The van der Waals surface area contributed by atoms with Crippen LogP contribution in [0.3, 0.4) is 0 Å². The van der Waals surface area contributed by atoms with E-state index in [1.807, 2.05) is 25.4 Å². The SMILES string of the molecule is COc1c(N)cc(C(C)OCc2nc(OC(N)=O)ccc2F)cc1-c1ccn(C)n1. The summed E-state index contributed by atoms with van der Waals surface area (Å²) in [6.45, 7) is 1.64. The zero-order valence-corrected chi connectivity index (χ0v) is 16.8. The van der Waals surface area contributed by atoms with Crippen LogP contribution in [0.1, 0.15) is 24.3 Å². The molecule has 1 amide bonds. The van der Waals surface area contributed by atoms with Crippen LogP contribution >= 0.6 is 0 Å². The summed E-state index contributed by atoms with van der Waals surface area (Å²) in [7, 11) is 3.35. The third-order valence-corrected chi connectivity index (χ3v) is 4.37. The normalized spacial score (nSPS) is 11.9. The zero-order valence-electron chi connectivity index (χ0n) is 16.8. The minimum Gasteiger partial charge on any atom is -0.494 e. The largest absolute Gasteiger partial charge is 0.494 e. The van der Waals surface area contributed by atoms with Crippen molar-refractivity contribution in [3.05, 3.63) is 53.6 Å². The van der Waals surface area contributed by atoms with E-state index in [1.54, 1.807) is 17.7 Å². The predicted molar refractivity (Wildman–Crippen MR) is 107 cm³/mol. The molecule has 0 aliphatic heterocycles. The molecule has 0 aliphatic carbocycles. The van der Waals surface area contributed by atoms with Gasteiger partial charge >= 0.3 is 6.09 Å². The van der Waals surface area contributed by atoms with Gasteiger partial charge in [-0.25, -0.2) is 14.2 Å². The molecule has 158 valence electrons. The van der Waals surface area contributed by atoms with Crippen molar-refractivity contribution in [2.75, 3.05) is 12.8 Å². The van der Waals surface area contributed by atoms with Crippen LogP contribution in [0.2, 0.25) is 0 Å². The Balaban J connectivity index is 1.83. The van der Waals surface area contributed by atoms with E-state index in [4.69, 9.17) is 20.9 Å². The molecule has 1 atom stereocenters. The highest BCUT2D eigenvalue weighted by atomic mass is 19.1. The van der Waals surface area contributed by atoms with E-state index in [0.717, 1.165) is 11.6 Å². The third kappa shape index (κ3) is 4.66. The summed E-state index contributed by atoms with van der Waals surface area (Å²) < 4.78 is 31.6. The van der Waals surface area contributed by atoms with Crippen molar-refractivity contribution in [1.29, 1.82) is 0 Å². The van der Waals surface area contributed by atoms with Gasteiger partial charge in [-0.15, -0.1) is 0 Å². The van der Waals surface area contributed by atoms with Gasteiger partial charge in [0.25, 0.3) is 0 Å². The first-order chi connectivity index (χ1) is 14.3. The van der Waals surface area contributed by atoms with Crippen LogP contribution in [0.5, 0.6) is 11.6 Å². The van der Waals surface area contributed by atoms with Gasteiger partial charge in [0.1, 0.15) is 11.5 Å². The lowest BCUT2D eigenvalue weighted by Gasteiger charge is -2.18. The van der Waals surface area contributed by atoms with Crippen molar-refractivity contribution >= 4 is 11.8 Å². The van der Waals surface area contributed by atoms with E-state index in [2.05, 4.69) is 14.8 Å². The van der Waals surface area contributed by atoms with E-state index in [0.29, 0.717) is 22.7 Å². The fourth-order valence-electron chi connectivity index (χ4n) is 2.91. The van der Waals surface area contributed by atoms with E-state index in [1.165, 1.54) is 13.2 Å². The second-order valence-corrected chi connectivity index (χ2v) is 6.52. The highest BCUT2D eigenvalue weighted by molar-refractivity contribution is 5.76. The van der Waals surface area contributed by atoms with Crippen LogP contribution < -0.4 is 20.9 Å². The number of hydrogen-bond donors (Lipinski definition) is 2. The molecule has 0 bridgehead atoms. The Bertz CT molecular complexity index is 1070. The number of halogens is 1. The van der Waals surface area contributed by atoms with Crippen molar-refractivity contribution in [1.82, 2.24) is 14.8 Å².